The maximum atomic E-state index is 12.9. The molecule has 0 spiro atoms. The van der Waals surface area contributed by atoms with Gasteiger partial charge in [0, 0.05) is 12.0 Å². The van der Waals surface area contributed by atoms with E-state index in [0.717, 1.165) is 16.3 Å². The summed E-state index contributed by atoms with van der Waals surface area (Å²) < 4.78 is 36.1. The smallest absolute Gasteiger partial charge is 0.339 e. The molecule has 1 amide bonds. The highest BCUT2D eigenvalue weighted by Crippen LogP contribution is 2.27. The summed E-state index contributed by atoms with van der Waals surface area (Å²) in [4.78, 5) is 12.9. The lowest BCUT2D eigenvalue weighted by molar-refractivity contribution is -0.112. The molecule has 204 valence electrons. The van der Waals surface area contributed by atoms with Crippen LogP contribution in [0.5, 0.6) is 11.5 Å². The Bertz CT molecular complexity index is 1900. The summed E-state index contributed by atoms with van der Waals surface area (Å²) in [7, 11) is -2.72. The molecule has 1 N–H and O–H groups in total. The monoisotopic (exact) mass is 582 g/mol. The van der Waals surface area contributed by atoms with Gasteiger partial charge >= 0.3 is 10.1 Å². The van der Waals surface area contributed by atoms with Gasteiger partial charge in [-0.25, -0.2) is 0 Å². The fourth-order valence-corrected chi connectivity index (χ4v) is 5.75. The first-order valence-corrected chi connectivity index (χ1v) is 14.5. The molecule has 0 saturated carbocycles. The number of para-hydroxylation sites is 1. The maximum Gasteiger partial charge on any atom is 0.339 e. The van der Waals surface area contributed by atoms with Crippen LogP contribution in [0.3, 0.4) is 0 Å². The number of nitrogens with zero attached hydrogens (tertiary/aromatic N) is 3. The van der Waals surface area contributed by atoms with Crippen LogP contribution in [0.2, 0.25) is 0 Å². The van der Waals surface area contributed by atoms with Gasteiger partial charge in [0.1, 0.15) is 33.0 Å². The van der Waals surface area contributed by atoms with Crippen LogP contribution in [0, 0.1) is 11.3 Å². The quantitative estimate of drug-likeness (QED) is 0.135. The van der Waals surface area contributed by atoms with E-state index < -0.39 is 16.0 Å². The Kier molecular flexibility index (Phi) is 8.05. The second-order valence-corrected chi connectivity index (χ2v) is 11.3. The lowest BCUT2D eigenvalue weighted by atomic mass is 10.0. The Morgan fingerprint density at radius 3 is 2.49 bits per heavy atom. The maximum absolute atomic E-state index is 12.9. The van der Waals surface area contributed by atoms with E-state index in [2.05, 4.69) is 15.5 Å². The molecule has 1 aromatic heterocycles. The highest BCUT2D eigenvalue weighted by atomic mass is 32.2. The molecule has 1 heterocycles. The van der Waals surface area contributed by atoms with Crippen LogP contribution < -0.4 is 14.2 Å². The Morgan fingerprint density at radius 1 is 0.976 bits per heavy atom. The molecule has 0 aliphatic heterocycles. The van der Waals surface area contributed by atoms with Crippen LogP contribution in [-0.4, -0.2) is 31.6 Å². The van der Waals surface area contributed by atoms with E-state index in [1.54, 1.807) is 12.1 Å². The summed E-state index contributed by atoms with van der Waals surface area (Å²) in [5, 5.41) is 23.7. The summed E-state index contributed by atoms with van der Waals surface area (Å²) in [6.07, 6.45) is 1.79. The molecule has 5 aromatic rings. The number of amides is 1. The van der Waals surface area contributed by atoms with Crippen molar-refractivity contribution < 1.29 is 22.1 Å². The van der Waals surface area contributed by atoms with E-state index in [9.17, 15) is 18.5 Å². The molecule has 11 heteroatoms. The Balaban J connectivity index is 1.32. The molecule has 0 atom stereocenters. The minimum absolute atomic E-state index is 0.0443. The first-order valence-electron chi connectivity index (χ1n) is 12.3. The van der Waals surface area contributed by atoms with Crippen LogP contribution in [0.1, 0.15) is 16.1 Å². The number of carbonyl (C=O) groups is 1. The van der Waals surface area contributed by atoms with E-state index in [1.165, 1.54) is 60.9 Å². The second-order valence-electron chi connectivity index (χ2n) is 8.69. The second kappa shape index (κ2) is 12.0. The standard InChI is InChI=1S/C30H22N4O5S2/c1-38-24-13-15-25(16-14-24)41(36,37)39-27-12-5-3-8-22(27)17-23(19-31)29(35)32-30-34-33-28(40-30)18-21-10-6-9-20-7-2-4-11-26(20)21/h2-17H,18H2,1H3,(H,32,34,35)/b23-17+. The predicted octanol–water partition coefficient (Wildman–Crippen LogP) is 5.60. The molecule has 0 unspecified atom stereocenters. The number of nitriles is 1. The van der Waals surface area contributed by atoms with Crippen molar-refractivity contribution in [2.45, 2.75) is 11.3 Å². The van der Waals surface area contributed by atoms with Crippen molar-refractivity contribution in [2.24, 2.45) is 0 Å². The van der Waals surface area contributed by atoms with Gasteiger partial charge in [-0.1, -0.05) is 72.0 Å². The van der Waals surface area contributed by atoms with Crippen molar-refractivity contribution >= 4 is 49.3 Å². The van der Waals surface area contributed by atoms with Crippen LogP contribution >= 0.6 is 11.3 Å². The van der Waals surface area contributed by atoms with E-state index in [0.29, 0.717) is 17.2 Å². The first kappa shape index (κ1) is 27.5. The number of ether oxygens (including phenoxy) is 1. The largest absolute Gasteiger partial charge is 0.497 e. The van der Waals surface area contributed by atoms with Gasteiger partial charge < -0.3 is 8.92 Å². The van der Waals surface area contributed by atoms with Gasteiger partial charge in [0.15, 0.2) is 0 Å². The number of benzene rings is 4. The number of anilines is 1. The molecule has 0 bridgehead atoms. The summed E-state index contributed by atoms with van der Waals surface area (Å²) >= 11 is 1.21. The summed E-state index contributed by atoms with van der Waals surface area (Å²) in [5.41, 5.74) is 1.04. The molecule has 4 aromatic carbocycles. The number of nitrogens with one attached hydrogen (secondary N) is 1. The molecule has 9 nitrogen and oxygen atoms in total. The zero-order valence-corrected chi connectivity index (χ0v) is 23.3. The molecular weight excluding hydrogens is 560 g/mol. The van der Waals surface area contributed by atoms with Gasteiger partial charge in [-0.15, -0.1) is 10.2 Å². The number of carbonyl (C=O) groups excluding carboxylic acids is 1. The number of hydrogen-bond acceptors (Lipinski definition) is 9. The molecule has 5 rings (SSSR count). The Hall–Kier alpha value is -5.05. The topological polar surface area (TPSA) is 131 Å². The highest BCUT2D eigenvalue weighted by molar-refractivity contribution is 7.87. The number of aromatic nitrogens is 2. The SMILES string of the molecule is COc1ccc(S(=O)(=O)Oc2ccccc2/C=C(\C#N)C(=O)Nc2nnc(Cc3cccc4ccccc34)s2)cc1. The minimum atomic E-state index is -4.19. The van der Waals surface area contributed by atoms with Gasteiger partial charge in [0.25, 0.3) is 5.91 Å². The predicted molar refractivity (Wildman–Crippen MR) is 156 cm³/mol. The van der Waals surface area contributed by atoms with E-state index in [-0.39, 0.29) is 26.9 Å². The number of fused-ring (bicyclic) bond motifs is 1. The molecule has 0 radical (unpaired) electrons. The molecule has 0 saturated heterocycles. The average molecular weight is 583 g/mol. The van der Waals surface area contributed by atoms with Crippen LogP contribution in [-0.2, 0) is 21.3 Å². The molecule has 0 fully saturated rings. The minimum Gasteiger partial charge on any atom is -0.497 e. The molecular formula is C30H22N4O5S2. The lowest BCUT2D eigenvalue weighted by Crippen LogP contribution is -2.13. The Labute approximate surface area is 240 Å². The van der Waals surface area contributed by atoms with Crippen molar-refractivity contribution in [1.29, 1.82) is 5.26 Å². The number of rotatable bonds is 9. The number of hydrogen-bond donors (Lipinski definition) is 1. The zero-order valence-electron chi connectivity index (χ0n) is 21.6. The van der Waals surface area contributed by atoms with Crippen molar-refractivity contribution in [3.05, 3.63) is 113 Å². The van der Waals surface area contributed by atoms with Crippen LogP contribution in [0.25, 0.3) is 16.8 Å². The summed E-state index contributed by atoms with van der Waals surface area (Å²) in [6, 6.07) is 27.9. The number of methoxy groups -OCH3 is 1. The normalized spacial score (nSPS) is 11.6. The van der Waals surface area contributed by atoms with Crippen molar-refractivity contribution in [1.82, 2.24) is 10.2 Å². The third-order valence-electron chi connectivity index (χ3n) is 6.04. The lowest BCUT2D eigenvalue weighted by Gasteiger charge is -2.10. The van der Waals surface area contributed by atoms with E-state index in [1.807, 2.05) is 48.5 Å². The van der Waals surface area contributed by atoms with Crippen molar-refractivity contribution in [3.63, 3.8) is 0 Å². The zero-order chi connectivity index (χ0) is 28.8. The third-order valence-corrected chi connectivity index (χ3v) is 8.13. The van der Waals surface area contributed by atoms with Crippen LogP contribution in [0.4, 0.5) is 5.13 Å². The first-order chi connectivity index (χ1) is 19.9. The third kappa shape index (κ3) is 6.41. The van der Waals surface area contributed by atoms with Gasteiger partial charge in [-0.05, 0) is 52.7 Å². The fourth-order valence-electron chi connectivity index (χ4n) is 4.04. The molecule has 0 aliphatic rings. The molecule has 41 heavy (non-hydrogen) atoms. The summed E-state index contributed by atoms with van der Waals surface area (Å²) in [5.74, 6) is -0.265. The highest BCUT2D eigenvalue weighted by Gasteiger charge is 2.20. The Morgan fingerprint density at radius 2 is 1.71 bits per heavy atom. The fraction of sp³-hybridized carbons (Fsp3) is 0.0667. The van der Waals surface area contributed by atoms with Gasteiger partial charge in [0.2, 0.25) is 5.13 Å². The molecule has 0 aliphatic carbocycles. The van der Waals surface area contributed by atoms with Gasteiger partial charge in [0.05, 0.1) is 7.11 Å². The van der Waals surface area contributed by atoms with Crippen LogP contribution in [0.15, 0.2) is 101 Å². The average Bonchev–Trinajstić information content (AvgIpc) is 3.43. The summed E-state index contributed by atoms with van der Waals surface area (Å²) in [6.45, 7) is 0. The van der Waals surface area contributed by atoms with Crippen molar-refractivity contribution in [2.75, 3.05) is 12.4 Å². The van der Waals surface area contributed by atoms with Gasteiger partial charge in [-0.3, -0.25) is 10.1 Å². The van der Waals surface area contributed by atoms with Crippen molar-refractivity contribution in [3.8, 4) is 17.6 Å². The van der Waals surface area contributed by atoms with Gasteiger partial charge in [-0.2, -0.15) is 13.7 Å². The van der Waals surface area contributed by atoms with E-state index in [4.69, 9.17) is 8.92 Å². The van der Waals surface area contributed by atoms with E-state index >= 15 is 0 Å².